The van der Waals surface area contributed by atoms with Crippen molar-refractivity contribution in [2.45, 2.75) is 38.6 Å². The minimum atomic E-state index is 0.505. The number of H-pyrrole nitrogens is 1. The molecule has 1 saturated heterocycles. The van der Waals surface area contributed by atoms with Gasteiger partial charge in [0.25, 0.3) is 0 Å². The molecule has 0 amide bonds. The highest BCUT2D eigenvalue weighted by atomic mass is 35.5. The van der Waals surface area contributed by atoms with E-state index in [0.717, 1.165) is 42.4 Å². The van der Waals surface area contributed by atoms with E-state index in [2.05, 4.69) is 22.0 Å². The van der Waals surface area contributed by atoms with E-state index in [1.807, 2.05) is 18.3 Å². The summed E-state index contributed by atoms with van der Waals surface area (Å²) in [6, 6.07) is 3.82. The number of aromatic amines is 1. The largest absolute Gasteiger partial charge is 0.493 e. The maximum absolute atomic E-state index is 6.46. The number of nitrogens with one attached hydrogen (secondary N) is 1. The van der Waals surface area contributed by atoms with Crippen LogP contribution in [-0.2, 0) is 13.0 Å². The molecule has 136 valence electrons. The van der Waals surface area contributed by atoms with Crippen molar-refractivity contribution in [3.8, 4) is 11.5 Å². The predicted molar refractivity (Wildman–Crippen MR) is 99.8 cm³/mol. The first-order chi connectivity index (χ1) is 12.2. The number of likely N-dealkylation sites (tertiary alicyclic amines) is 1. The zero-order valence-electron chi connectivity index (χ0n) is 15.1. The van der Waals surface area contributed by atoms with Gasteiger partial charge in [-0.05, 0) is 43.0 Å². The van der Waals surface area contributed by atoms with E-state index in [-0.39, 0.29) is 0 Å². The van der Waals surface area contributed by atoms with Crippen LogP contribution in [0.2, 0.25) is 5.02 Å². The Bertz CT molecular complexity index is 717. The Morgan fingerprint density at radius 3 is 2.72 bits per heavy atom. The Balaban J connectivity index is 1.75. The molecule has 0 radical (unpaired) electrons. The number of aromatic nitrogens is 2. The summed E-state index contributed by atoms with van der Waals surface area (Å²) in [7, 11) is 3.27. The topological polar surface area (TPSA) is 50.4 Å². The maximum atomic E-state index is 6.46. The Kier molecular flexibility index (Phi) is 5.86. The number of nitrogens with zero attached hydrogens (tertiary/aromatic N) is 2. The molecule has 25 heavy (non-hydrogen) atoms. The molecule has 1 fully saturated rings. The lowest BCUT2D eigenvalue weighted by atomic mass is 9.91. The molecule has 2 aromatic rings. The van der Waals surface area contributed by atoms with E-state index in [4.69, 9.17) is 21.1 Å². The Labute approximate surface area is 154 Å². The van der Waals surface area contributed by atoms with Crippen molar-refractivity contribution in [3.05, 3.63) is 40.2 Å². The van der Waals surface area contributed by atoms with Gasteiger partial charge in [-0.15, -0.1) is 0 Å². The van der Waals surface area contributed by atoms with E-state index in [1.54, 1.807) is 14.2 Å². The second-order valence-electron chi connectivity index (χ2n) is 6.54. The van der Waals surface area contributed by atoms with Gasteiger partial charge in [-0.2, -0.15) is 5.10 Å². The van der Waals surface area contributed by atoms with Crippen LogP contribution in [0, 0.1) is 0 Å². The van der Waals surface area contributed by atoms with Gasteiger partial charge in [-0.3, -0.25) is 10.00 Å². The van der Waals surface area contributed by atoms with E-state index in [9.17, 15) is 0 Å². The lowest BCUT2D eigenvalue weighted by Gasteiger charge is -2.33. The van der Waals surface area contributed by atoms with Crippen molar-refractivity contribution >= 4 is 11.6 Å². The number of benzene rings is 1. The molecule has 0 saturated carbocycles. The number of hydrogen-bond acceptors (Lipinski definition) is 4. The molecule has 0 bridgehead atoms. The van der Waals surface area contributed by atoms with Crippen molar-refractivity contribution in [2.24, 2.45) is 0 Å². The molecule has 2 heterocycles. The second-order valence-corrected chi connectivity index (χ2v) is 6.94. The third kappa shape index (κ3) is 3.93. The van der Waals surface area contributed by atoms with Crippen LogP contribution in [0.3, 0.4) is 0 Å². The SMILES string of the molecule is CCc1cn[nH]c1C1CCCN(Cc2cc(OC)c(OC)cc2Cl)C1. The monoisotopic (exact) mass is 363 g/mol. The van der Waals surface area contributed by atoms with Gasteiger partial charge in [0.05, 0.1) is 20.4 Å². The van der Waals surface area contributed by atoms with Crippen LogP contribution >= 0.6 is 11.6 Å². The van der Waals surface area contributed by atoms with Crippen LogP contribution in [0.4, 0.5) is 0 Å². The Morgan fingerprint density at radius 1 is 1.24 bits per heavy atom. The van der Waals surface area contributed by atoms with Crippen LogP contribution in [0.15, 0.2) is 18.3 Å². The van der Waals surface area contributed by atoms with Crippen LogP contribution in [0.5, 0.6) is 11.5 Å². The quantitative estimate of drug-likeness (QED) is 0.842. The number of rotatable bonds is 6. The summed E-state index contributed by atoms with van der Waals surface area (Å²) in [4.78, 5) is 2.46. The number of ether oxygens (including phenoxy) is 2. The summed E-state index contributed by atoms with van der Waals surface area (Å²) in [6.45, 7) is 5.08. The van der Waals surface area contributed by atoms with Crippen LogP contribution < -0.4 is 9.47 Å². The molecule has 5 nitrogen and oxygen atoms in total. The van der Waals surface area contributed by atoms with Gasteiger partial charge in [-0.1, -0.05) is 18.5 Å². The molecule has 1 aliphatic heterocycles. The van der Waals surface area contributed by atoms with Gasteiger partial charge < -0.3 is 9.47 Å². The molecule has 1 atom stereocenters. The van der Waals surface area contributed by atoms with Gasteiger partial charge in [0.15, 0.2) is 11.5 Å². The predicted octanol–water partition coefficient (Wildman–Crippen LogP) is 4.02. The average molecular weight is 364 g/mol. The van der Waals surface area contributed by atoms with Gasteiger partial charge in [0.2, 0.25) is 0 Å². The highest BCUT2D eigenvalue weighted by Crippen LogP contribution is 2.35. The molecule has 1 N–H and O–H groups in total. The molecular formula is C19H26ClN3O2. The molecule has 0 aliphatic carbocycles. The summed E-state index contributed by atoms with van der Waals surface area (Å²) in [5, 5.41) is 8.17. The minimum Gasteiger partial charge on any atom is -0.493 e. The number of methoxy groups -OCH3 is 2. The molecule has 0 spiro atoms. The molecule has 6 heteroatoms. The molecule has 1 aliphatic rings. The lowest BCUT2D eigenvalue weighted by Crippen LogP contribution is -2.34. The van der Waals surface area contributed by atoms with Gasteiger partial charge in [-0.25, -0.2) is 0 Å². The normalized spacial score (nSPS) is 18.3. The van der Waals surface area contributed by atoms with Crippen molar-refractivity contribution in [2.75, 3.05) is 27.3 Å². The highest BCUT2D eigenvalue weighted by Gasteiger charge is 2.25. The Morgan fingerprint density at radius 2 is 2.00 bits per heavy atom. The lowest BCUT2D eigenvalue weighted by molar-refractivity contribution is 0.198. The molecule has 1 aromatic carbocycles. The van der Waals surface area contributed by atoms with Crippen LogP contribution in [-0.4, -0.2) is 42.4 Å². The third-order valence-electron chi connectivity index (χ3n) is 4.99. The highest BCUT2D eigenvalue weighted by molar-refractivity contribution is 6.31. The van der Waals surface area contributed by atoms with Crippen LogP contribution in [0.1, 0.15) is 42.5 Å². The molecule has 1 aromatic heterocycles. The number of halogens is 1. The summed E-state index contributed by atoms with van der Waals surface area (Å²) in [5.41, 5.74) is 3.70. The summed E-state index contributed by atoms with van der Waals surface area (Å²) < 4.78 is 10.7. The number of aryl methyl sites for hydroxylation is 1. The number of hydrogen-bond donors (Lipinski definition) is 1. The summed E-state index contributed by atoms with van der Waals surface area (Å²) in [5.74, 6) is 1.89. The van der Waals surface area contributed by atoms with E-state index in [0.29, 0.717) is 11.7 Å². The zero-order chi connectivity index (χ0) is 17.8. The first-order valence-corrected chi connectivity index (χ1v) is 9.18. The molecule has 3 rings (SSSR count). The average Bonchev–Trinajstić information content (AvgIpc) is 3.12. The summed E-state index contributed by atoms with van der Waals surface area (Å²) in [6.07, 6.45) is 5.35. The zero-order valence-corrected chi connectivity index (χ0v) is 15.9. The maximum Gasteiger partial charge on any atom is 0.162 e. The fourth-order valence-electron chi connectivity index (χ4n) is 3.65. The number of piperidine rings is 1. The van der Waals surface area contributed by atoms with E-state index >= 15 is 0 Å². The van der Waals surface area contributed by atoms with Crippen molar-refractivity contribution < 1.29 is 9.47 Å². The first-order valence-electron chi connectivity index (χ1n) is 8.81. The van der Waals surface area contributed by atoms with Crippen LogP contribution in [0.25, 0.3) is 0 Å². The van der Waals surface area contributed by atoms with Crippen molar-refractivity contribution in [3.63, 3.8) is 0 Å². The smallest absolute Gasteiger partial charge is 0.162 e. The van der Waals surface area contributed by atoms with Crippen molar-refractivity contribution in [1.29, 1.82) is 0 Å². The third-order valence-corrected chi connectivity index (χ3v) is 5.34. The second kappa shape index (κ2) is 8.11. The van der Waals surface area contributed by atoms with E-state index in [1.165, 1.54) is 24.1 Å². The standard InChI is InChI=1S/C19H26ClN3O2/c1-4-13-10-21-22-19(13)14-6-5-7-23(11-14)12-15-8-17(24-2)18(25-3)9-16(15)20/h8-10,14H,4-7,11-12H2,1-3H3,(H,21,22). The Hall–Kier alpha value is -1.72. The first kappa shape index (κ1) is 18.1. The molecule has 1 unspecified atom stereocenters. The van der Waals surface area contributed by atoms with Crippen molar-refractivity contribution in [1.82, 2.24) is 15.1 Å². The van der Waals surface area contributed by atoms with Gasteiger partial charge in [0.1, 0.15) is 0 Å². The fourth-order valence-corrected chi connectivity index (χ4v) is 3.86. The van der Waals surface area contributed by atoms with Gasteiger partial charge in [0, 0.05) is 35.8 Å². The van der Waals surface area contributed by atoms with E-state index < -0.39 is 0 Å². The molecular weight excluding hydrogens is 338 g/mol. The fraction of sp³-hybridized carbons (Fsp3) is 0.526. The summed E-state index contributed by atoms with van der Waals surface area (Å²) >= 11 is 6.46. The van der Waals surface area contributed by atoms with Gasteiger partial charge >= 0.3 is 0 Å². The minimum absolute atomic E-state index is 0.505.